The van der Waals surface area contributed by atoms with Crippen molar-refractivity contribution >= 4 is 37.5 Å². The number of hydrogen-bond acceptors (Lipinski definition) is 6. The summed E-state index contributed by atoms with van der Waals surface area (Å²) >= 11 is 0. The van der Waals surface area contributed by atoms with Gasteiger partial charge in [0.25, 0.3) is 15.9 Å². The number of benzene rings is 2. The Bertz CT molecular complexity index is 1350. The third-order valence-corrected chi connectivity index (χ3v) is 9.34. The molecule has 0 fully saturated rings. The minimum atomic E-state index is -3.69. The summed E-state index contributed by atoms with van der Waals surface area (Å²) < 4.78 is 54.1. The van der Waals surface area contributed by atoms with Gasteiger partial charge in [-0.2, -0.15) is 4.31 Å². The van der Waals surface area contributed by atoms with Gasteiger partial charge in [-0.1, -0.05) is 26.0 Å². The summed E-state index contributed by atoms with van der Waals surface area (Å²) in [6, 6.07) is 10.5. The number of carbonyl (C=O) groups excluding carboxylic acids is 1. The van der Waals surface area contributed by atoms with Crippen molar-refractivity contribution in [1.29, 1.82) is 0 Å². The quantitative estimate of drug-likeness (QED) is 0.662. The number of rotatable bonds is 6. The summed E-state index contributed by atoms with van der Waals surface area (Å²) in [6.45, 7) is 6.36. The molecule has 0 spiro atoms. The van der Waals surface area contributed by atoms with Crippen molar-refractivity contribution in [3.63, 3.8) is 0 Å². The van der Waals surface area contributed by atoms with Gasteiger partial charge >= 0.3 is 0 Å². The van der Waals surface area contributed by atoms with Crippen LogP contribution in [0.3, 0.4) is 0 Å². The van der Waals surface area contributed by atoms with Crippen LogP contribution in [-0.4, -0.2) is 58.6 Å². The molecule has 2 heterocycles. The first-order valence-electron chi connectivity index (χ1n) is 10.7. The minimum absolute atomic E-state index is 0.136. The van der Waals surface area contributed by atoms with Crippen LogP contribution < -0.4 is 9.62 Å². The topological polar surface area (TPSA) is 116 Å². The first kappa shape index (κ1) is 23.4. The fraction of sp³-hybridized carbons (Fsp3) is 0.364. The molecular formula is C22H26N4O5S2. The van der Waals surface area contributed by atoms with Crippen molar-refractivity contribution < 1.29 is 21.6 Å². The van der Waals surface area contributed by atoms with Gasteiger partial charge in [0, 0.05) is 30.9 Å². The maximum atomic E-state index is 13.2. The van der Waals surface area contributed by atoms with Crippen LogP contribution in [0.15, 0.2) is 57.2 Å². The summed E-state index contributed by atoms with van der Waals surface area (Å²) in [6.07, 6.45) is 0.529. The highest BCUT2D eigenvalue weighted by Crippen LogP contribution is 2.32. The van der Waals surface area contributed by atoms with Gasteiger partial charge in [-0.25, -0.2) is 16.8 Å². The molecule has 0 saturated carbocycles. The van der Waals surface area contributed by atoms with Crippen LogP contribution in [-0.2, 0) is 31.3 Å². The molecule has 2 aliphatic rings. The molecular weight excluding hydrogens is 464 g/mol. The van der Waals surface area contributed by atoms with Crippen molar-refractivity contribution in [3.05, 3.63) is 53.6 Å². The largest absolute Gasteiger partial charge is 0.310 e. The molecule has 0 saturated heterocycles. The Morgan fingerprint density at radius 1 is 1.18 bits per heavy atom. The highest BCUT2D eigenvalue weighted by Gasteiger charge is 2.34. The van der Waals surface area contributed by atoms with E-state index in [1.54, 1.807) is 56.0 Å². The van der Waals surface area contributed by atoms with Crippen molar-refractivity contribution in [1.82, 2.24) is 9.03 Å². The minimum Gasteiger partial charge on any atom is -0.310 e. The highest BCUT2D eigenvalue weighted by atomic mass is 32.2. The van der Waals surface area contributed by atoms with Crippen molar-refractivity contribution in [2.75, 3.05) is 24.5 Å². The zero-order chi connectivity index (χ0) is 24.0. The average Bonchev–Trinajstić information content (AvgIpc) is 3.32. The second kappa shape index (κ2) is 8.54. The second-order valence-electron chi connectivity index (χ2n) is 7.88. The number of nitrogens with one attached hydrogen (secondary N) is 1. The van der Waals surface area contributed by atoms with E-state index in [4.69, 9.17) is 0 Å². The van der Waals surface area contributed by atoms with Crippen LogP contribution in [0.1, 0.15) is 31.9 Å². The molecule has 2 aromatic carbocycles. The molecule has 0 aliphatic carbocycles. The first-order valence-corrected chi connectivity index (χ1v) is 13.7. The number of aliphatic imine (C=N–C) groups is 1. The van der Waals surface area contributed by atoms with Crippen molar-refractivity contribution in [3.8, 4) is 0 Å². The van der Waals surface area contributed by atoms with E-state index in [0.29, 0.717) is 37.3 Å². The van der Waals surface area contributed by atoms with Gasteiger partial charge < -0.3 is 4.90 Å². The summed E-state index contributed by atoms with van der Waals surface area (Å²) in [5, 5.41) is 0. The normalized spacial score (nSPS) is 18.8. The monoisotopic (exact) mass is 490 g/mol. The van der Waals surface area contributed by atoms with E-state index >= 15 is 0 Å². The SMILES string of the molecule is CCN(CC)S(=O)(=O)c1ccc2c(c1)CCN2C(=O)[C@H](C)N=C1NS(=O)(=O)c2ccccc21. The van der Waals surface area contributed by atoms with Gasteiger partial charge in [-0.3, -0.25) is 14.5 Å². The number of anilines is 1. The predicted octanol–water partition coefficient (Wildman–Crippen LogP) is 1.73. The summed E-state index contributed by atoms with van der Waals surface area (Å²) in [7, 11) is -7.28. The molecule has 1 amide bonds. The third kappa shape index (κ3) is 4.04. The van der Waals surface area contributed by atoms with Crippen LogP contribution in [0.2, 0.25) is 0 Å². The van der Waals surface area contributed by atoms with Crippen LogP contribution in [0.4, 0.5) is 5.69 Å². The summed E-state index contributed by atoms with van der Waals surface area (Å²) in [5.41, 5.74) is 1.87. The molecule has 1 atom stereocenters. The molecule has 0 radical (unpaired) electrons. The standard InChI is InChI=1S/C22H26N4O5S2/c1-4-25(5-2)33(30,31)17-10-11-19-16(14-17)12-13-26(19)22(27)15(3)23-21-18-8-6-7-9-20(18)32(28,29)24-21/h6-11,14-15H,4-5,12-13H2,1-3H3,(H,23,24)/t15-/m0/s1. The lowest BCUT2D eigenvalue weighted by molar-refractivity contribution is -0.119. The molecule has 1 N–H and O–H groups in total. The van der Waals surface area contributed by atoms with Crippen LogP contribution in [0, 0.1) is 0 Å². The van der Waals surface area contributed by atoms with E-state index < -0.39 is 26.1 Å². The lowest BCUT2D eigenvalue weighted by atomic mass is 10.1. The lowest BCUT2D eigenvalue weighted by Gasteiger charge is -2.21. The molecule has 2 aromatic rings. The molecule has 33 heavy (non-hydrogen) atoms. The lowest BCUT2D eigenvalue weighted by Crippen LogP contribution is -2.37. The highest BCUT2D eigenvalue weighted by molar-refractivity contribution is 7.90. The zero-order valence-electron chi connectivity index (χ0n) is 18.6. The van der Waals surface area contributed by atoms with Gasteiger partial charge in [0.1, 0.15) is 11.9 Å². The van der Waals surface area contributed by atoms with Crippen LogP contribution in [0.25, 0.3) is 0 Å². The molecule has 4 rings (SSSR count). The fourth-order valence-corrected chi connectivity index (χ4v) is 6.93. The number of fused-ring (bicyclic) bond motifs is 2. The molecule has 0 aromatic heterocycles. The number of amidine groups is 1. The number of amides is 1. The van der Waals surface area contributed by atoms with Gasteiger partial charge in [-0.15, -0.1) is 0 Å². The van der Waals surface area contributed by atoms with Crippen molar-refractivity contribution in [2.45, 2.75) is 43.0 Å². The Labute approximate surface area is 194 Å². The van der Waals surface area contributed by atoms with E-state index in [1.165, 1.54) is 16.4 Å². The molecule has 0 bridgehead atoms. The Balaban J connectivity index is 1.59. The van der Waals surface area contributed by atoms with Crippen molar-refractivity contribution in [2.24, 2.45) is 4.99 Å². The maximum absolute atomic E-state index is 13.2. The first-order chi connectivity index (χ1) is 15.6. The summed E-state index contributed by atoms with van der Waals surface area (Å²) in [5.74, 6) is -0.143. The van der Waals surface area contributed by atoms with E-state index in [9.17, 15) is 21.6 Å². The van der Waals surface area contributed by atoms with Gasteiger partial charge in [0.15, 0.2) is 0 Å². The van der Waals surface area contributed by atoms with Crippen LogP contribution in [0.5, 0.6) is 0 Å². The summed E-state index contributed by atoms with van der Waals surface area (Å²) in [4.78, 5) is 19.5. The Kier molecular flexibility index (Phi) is 6.06. The van der Waals surface area contributed by atoms with Gasteiger partial charge in [0.2, 0.25) is 10.0 Å². The van der Waals surface area contributed by atoms with E-state index in [2.05, 4.69) is 9.71 Å². The van der Waals surface area contributed by atoms with E-state index in [0.717, 1.165) is 5.56 Å². The average molecular weight is 491 g/mol. The van der Waals surface area contributed by atoms with E-state index in [-0.39, 0.29) is 21.5 Å². The number of carbonyl (C=O) groups is 1. The number of nitrogens with zero attached hydrogens (tertiary/aromatic N) is 3. The van der Waals surface area contributed by atoms with E-state index in [1.807, 2.05) is 0 Å². The van der Waals surface area contributed by atoms with Gasteiger partial charge in [0.05, 0.1) is 9.79 Å². The van der Waals surface area contributed by atoms with Crippen LogP contribution >= 0.6 is 0 Å². The molecule has 9 nitrogen and oxygen atoms in total. The molecule has 2 aliphatic heterocycles. The maximum Gasteiger partial charge on any atom is 0.263 e. The zero-order valence-corrected chi connectivity index (χ0v) is 20.3. The smallest absolute Gasteiger partial charge is 0.263 e. The third-order valence-electron chi connectivity index (χ3n) is 5.90. The fourth-order valence-electron chi connectivity index (χ4n) is 4.18. The number of sulfonamides is 2. The molecule has 11 heteroatoms. The predicted molar refractivity (Wildman–Crippen MR) is 125 cm³/mol. The second-order valence-corrected chi connectivity index (χ2v) is 11.5. The molecule has 0 unspecified atom stereocenters. The number of hydrogen-bond donors (Lipinski definition) is 1. The Morgan fingerprint density at radius 2 is 1.88 bits per heavy atom. The Morgan fingerprint density at radius 3 is 2.58 bits per heavy atom. The van der Waals surface area contributed by atoms with Gasteiger partial charge in [-0.05, 0) is 49.2 Å². The molecule has 176 valence electrons. The Hall–Kier alpha value is -2.76.